The molecule has 0 N–H and O–H groups in total. The fourth-order valence-electron chi connectivity index (χ4n) is 9.07. The third-order valence-electron chi connectivity index (χ3n) is 11.8. The Bertz CT molecular complexity index is 3240. The van der Waals surface area contributed by atoms with Crippen molar-refractivity contribution in [2.45, 2.75) is 0 Å². The smallest absolute Gasteiger partial charge is 0.0541 e. The summed E-state index contributed by atoms with van der Waals surface area (Å²) in [7, 11) is 2.15. The number of benzene rings is 10. The van der Waals surface area contributed by atoms with Crippen molar-refractivity contribution in [1.82, 2.24) is 9.13 Å². The number of hydrogen-bond donors (Lipinski definition) is 0. The standard InChI is InChI=1S/C37H26N2.C18H12/c1-38-34-13-7-5-11-30(34)32-23-27(19-21-35(32)38)25-15-17-26(18-16-25)28-20-22-37-33(24-28)31-12-6-8-14-36(31)39(37)29-9-3-2-4-10-29;1-2-8-14-13(7-1)15-9-3-4-11-17(15)18-12-6-5-10-16(14)18/h2-24H,1H3;1-12H. The van der Waals surface area contributed by atoms with Crippen molar-refractivity contribution >= 4 is 75.9 Å². The van der Waals surface area contributed by atoms with E-state index in [0.29, 0.717) is 0 Å². The lowest BCUT2D eigenvalue weighted by atomic mass is 9.95. The van der Waals surface area contributed by atoms with E-state index < -0.39 is 0 Å². The van der Waals surface area contributed by atoms with E-state index in [2.05, 4.69) is 229 Å². The van der Waals surface area contributed by atoms with E-state index in [4.69, 9.17) is 0 Å². The van der Waals surface area contributed by atoms with E-state index in [9.17, 15) is 0 Å². The Morgan fingerprint density at radius 1 is 0.246 bits per heavy atom. The fraction of sp³-hybridized carbons (Fsp3) is 0.0182. The van der Waals surface area contributed by atoms with Crippen LogP contribution in [-0.2, 0) is 7.05 Å². The number of aromatic nitrogens is 2. The molecule has 0 atom stereocenters. The van der Waals surface area contributed by atoms with Crippen molar-refractivity contribution in [2.75, 3.05) is 0 Å². The van der Waals surface area contributed by atoms with E-state index >= 15 is 0 Å². The molecule has 0 aliphatic carbocycles. The summed E-state index contributed by atoms with van der Waals surface area (Å²) >= 11 is 0. The maximum atomic E-state index is 2.36. The zero-order valence-corrected chi connectivity index (χ0v) is 31.6. The van der Waals surface area contributed by atoms with Crippen LogP contribution in [0.15, 0.2) is 212 Å². The molecule has 2 heterocycles. The van der Waals surface area contributed by atoms with E-state index in [1.165, 1.54) is 104 Å². The maximum Gasteiger partial charge on any atom is 0.0541 e. The van der Waals surface area contributed by atoms with Gasteiger partial charge in [-0.05, 0) is 103 Å². The molecule has 0 unspecified atom stereocenters. The van der Waals surface area contributed by atoms with Gasteiger partial charge in [-0.25, -0.2) is 0 Å². The van der Waals surface area contributed by atoms with Crippen LogP contribution in [0.1, 0.15) is 0 Å². The quantitative estimate of drug-likeness (QED) is 0.160. The van der Waals surface area contributed by atoms with Gasteiger partial charge in [0.15, 0.2) is 0 Å². The first-order valence-electron chi connectivity index (χ1n) is 19.7. The predicted molar refractivity (Wildman–Crippen MR) is 245 cm³/mol. The normalized spacial score (nSPS) is 11.6. The van der Waals surface area contributed by atoms with Gasteiger partial charge in [0.1, 0.15) is 0 Å². The third-order valence-corrected chi connectivity index (χ3v) is 11.8. The molecule has 2 heteroatoms. The molecular formula is C55H38N2. The van der Waals surface area contributed by atoms with Crippen molar-refractivity contribution in [1.29, 1.82) is 0 Å². The number of aryl methyl sites for hydroxylation is 1. The molecule has 12 aromatic rings. The van der Waals surface area contributed by atoms with E-state index in [0.717, 1.165) is 0 Å². The van der Waals surface area contributed by atoms with Gasteiger partial charge in [0.05, 0.1) is 11.0 Å². The second-order valence-electron chi connectivity index (χ2n) is 14.9. The Morgan fingerprint density at radius 3 is 1.05 bits per heavy atom. The Morgan fingerprint density at radius 2 is 0.561 bits per heavy atom. The lowest BCUT2D eigenvalue weighted by molar-refractivity contribution is 1.01. The minimum absolute atomic E-state index is 1.18. The molecule has 0 spiro atoms. The summed E-state index contributed by atoms with van der Waals surface area (Å²) in [6.07, 6.45) is 0. The average Bonchev–Trinajstić information content (AvgIpc) is 3.78. The van der Waals surface area contributed by atoms with Gasteiger partial charge in [0, 0.05) is 45.3 Å². The molecule has 0 aliphatic heterocycles. The number of hydrogen-bond acceptors (Lipinski definition) is 0. The van der Waals surface area contributed by atoms with Gasteiger partial charge in [0.25, 0.3) is 0 Å². The molecule has 268 valence electrons. The summed E-state index contributed by atoms with van der Waals surface area (Å²) in [5.74, 6) is 0. The first-order chi connectivity index (χ1) is 28.2. The van der Waals surface area contributed by atoms with Gasteiger partial charge in [0.2, 0.25) is 0 Å². The van der Waals surface area contributed by atoms with Crippen LogP contribution in [0.3, 0.4) is 0 Å². The summed E-state index contributed by atoms with van der Waals surface area (Å²) in [6, 6.07) is 76.6. The lowest BCUT2D eigenvalue weighted by Crippen LogP contribution is -1.92. The highest BCUT2D eigenvalue weighted by Gasteiger charge is 2.14. The van der Waals surface area contributed by atoms with Crippen LogP contribution in [-0.4, -0.2) is 9.13 Å². The summed E-state index contributed by atoms with van der Waals surface area (Å²) in [6.45, 7) is 0. The Balaban J connectivity index is 0.000000173. The van der Waals surface area contributed by atoms with Crippen molar-refractivity contribution in [3.8, 4) is 27.9 Å². The van der Waals surface area contributed by atoms with Crippen LogP contribution in [0.25, 0.3) is 104 Å². The largest absolute Gasteiger partial charge is 0.344 e. The highest BCUT2D eigenvalue weighted by Crippen LogP contribution is 2.37. The Kier molecular flexibility index (Phi) is 7.75. The molecule has 0 amide bonds. The summed E-state index contributed by atoms with van der Waals surface area (Å²) in [5.41, 5.74) is 11.1. The molecule has 0 saturated heterocycles. The summed E-state index contributed by atoms with van der Waals surface area (Å²) in [4.78, 5) is 0. The van der Waals surface area contributed by atoms with Crippen LogP contribution in [0.2, 0.25) is 0 Å². The SMILES string of the molecule is Cn1c2ccccc2c2cc(-c3ccc(-c4ccc5c(c4)c4ccccc4n5-c4ccccc4)cc3)ccc21.c1ccc2c(c1)c1ccccc1c1ccccc21. The fourth-order valence-corrected chi connectivity index (χ4v) is 9.07. The van der Waals surface area contributed by atoms with Crippen LogP contribution >= 0.6 is 0 Å². The molecule has 12 rings (SSSR count). The molecule has 0 radical (unpaired) electrons. The highest BCUT2D eigenvalue weighted by molar-refractivity contribution is 6.25. The first kappa shape index (κ1) is 33.0. The minimum Gasteiger partial charge on any atom is -0.344 e. The van der Waals surface area contributed by atoms with E-state index in [-0.39, 0.29) is 0 Å². The van der Waals surface area contributed by atoms with Gasteiger partial charge in [-0.1, -0.05) is 164 Å². The number of para-hydroxylation sites is 3. The Labute approximate surface area is 331 Å². The monoisotopic (exact) mass is 726 g/mol. The number of nitrogens with zero attached hydrogens (tertiary/aromatic N) is 2. The molecule has 0 aliphatic rings. The average molecular weight is 727 g/mol. The summed E-state index contributed by atoms with van der Waals surface area (Å²) < 4.78 is 4.64. The van der Waals surface area contributed by atoms with Gasteiger partial charge in [-0.3, -0.25) is 0 Å². The molecule has 10 aromatic carbocycles. The van der Waals surface area contributed by atoms with Crippen LogP contribution in [0.5, 0.6) is 0 Å². The lowest BCUT2D eigenvalue weighted by Gasteiger charge is -2.09. The van der Waals surface area contributed by atoms with Gasteiger partial charge in [-0.2, -0.15) is 0 Å². The van der Waals surface area contributed by atoms with Gasteiger partial charge >= 0.3 is 0 Å². The third kappa shape index (κ3) is 5.41. The van der Waals surface area contributed by atoms with Crippen LogP contribution < -0.4 is 0 Å². The van der Waals surface area contributed by atoms with Crippen molar-refractivity contribution < 1.29 is 0 Å². The number of fused-ring (bicyclic) bond motifs is 12. The topological polar surface area (TPSA) is 9.86 Å². The van der Waals surface area contributed by atoms with E-state index in [1.807, 2.05) is 0 Å². The van der Waals surface area contributed by atoms with Crippen molar-refractivity contribution in [2.24, 2.45) is 7.05 Å². The zero-order valence-electron chi connectivity index (χ0n) is 31.6. The maximum absolute atomic E-state index is 2.36. The van der Waals surface area contributed by atoms with E-state index in [1.54, 1.807) is 0 Å². The summed E-state index contributed by atoms with van der Waals surface area (Å²) in [5, 5.41) is 13.2. The first-order valence-corrected chi connectivity index (χ1v) is 19.7. The van der Waals surface area contributed by atoms with Crippen LogP contribution in [0, 0.1) is 0 Å². The Hall–Kier alpha value is -7.42. The molecule has 0 bridgehead atoms. The zero-order chi connectivity index (χ0) is 37.9. The van der Waals surface area contributed by atoms with Gasteiger partial charge < -0.3 is 9.13 Å². The second kappa shape index (κ2) is 13.4. The van der Waals surface area contributed by atoms with Crippen molar-refractivity contribution in [3.63, 3.8) is 0 Å². The molecule has 2 aromatic heterocycles. The molecular weight excluding hydrogens is 689 g/mol. The second-order valence-corrected chi connectivity index (χ2v) is 14.9. The molecule has 0 fully saturated rings. The van der Waals surface area contributed by atoms with Crippen LogP contribution in [0.4, 0.5) is 0 Å². The minimum atomic E-state index is 1.18. The molecule has 0 saturated carbocycles. The highest BCUT2D eigenvalue weighted by atomic mass is 15.0. The van der Waals surface area contributed by atoms with Crippen molar-refractivity contribution in [3.05, 3.63) is 212 Å². The molecule has 57 heavy (non-hydrogen) atoms. The molecule has 2 nitrogen and oxygen atoms in total. The number of rotatable bonds is 3. The van der Waals surface area contributed by atoms with Gasteiger partial charge in [-0.15, -0.1) is 0 Å². The predicted octanol–water partition coefficient (Wildman–Crippen LogP) is 14.9.